The van der Waals surface area contributed by atoms with E-state index in [1.165, 1.54) is 18.2 Å². The van der Waals surface area contributed by atoms with Crippen LogP contribution >= 0.6 is 23.2 Å². The van der Waals surface area contributed by atoms with E-state index in [1.54, 1.807) is 24.3 Å². The number of carbonyl (C=O) groups excluding carboxylic acids is 1. The molecule has 0 saturated heterocycles. The largest absolute Gasteiger partial charge is 0.478 e. The fourth-order valence-corrected chi connectivity index (χ4v) is 2.10. The standard InChI is InChI=1S/C14H10Cl2N2O3/c15-8-5-6-12(10(16)7-8)18-14(21)17-11-4-2-1-3-9(11)13(19)20/h1-7H,(H,19,20)(H2,17,18,21). The minimum atomic E-state index is -1.13. The van der Waals surface area contributed by atoms with Crippen LogP contribution in [0.1, 0.15) is 10.4 Å². The summed E-state index contributed by atoms with van der Waals surface area (Å²) in [5.41, 5.74) is 0.550. The van der Waals surface area contributed by atoms with Crippen molar-refractivity contribution in [1.82, 2.24) is 0 Å². The third-order valence-corrected chi connectivity index (χ3v) is 3.13. The van der Waals surface area contributed by atoms with Gasteiger partial charge in [0.2, 0.25) is 0 Å². The van der Waals surface area contributed by atoms with Gasteiger partial charge < -0.3 is 15.7 Å². The molecule has 0 bridgehead atoms. The van der Waals surface area contributed by atoms with Crippen molar-refractivity contribution in [2.75, 3.05) is 10.6 Å². The van der Waals surface area contributed by atoms with Gasteiger partial charge in [-0.25, -0.2) is 9.59 Å². The van der Waals surface area contributed by atoms with E-state index in [0.717, 1.165) is 0 Å². The average molecular weight is 325 g/mol. The second-order valence-electron chi connectivity index (χ2n) is 4.05. The van der Waals surface area contributed by atoms with Gasteiger partial charge in [0.15, 0.2) is 0 Å². The lowest BCUT2D eigenvalue weighted by atomic mass is 10.2. The zero-order valence-corrected chi connectivity index (χ0v) is 12.1. The number of nitrogens with one attached hydrogen (secondary N) is 2. The molecular weight excluding hydrogens is 315 g/mol. The summed E-state index contributed by atoms with van der Waals surface area (Å²) in [6.45, 7) is 0. The summed E-state index contributed by atoms with van der Waals surface area (Å²) < 4.78 is 0. The highest BCUT2D eigenvalue weighted by molar-refractivity contribution is 6.36. The Bertz CT molecular complexity index is 704. The Morgan fingerprint density at radius 3 is 2.29 bits per heavy atom. The van der Waals surface area contributed by atoms with Gasteiger partial charge in [-0.1, -0.05) is 35.3 Å². The molecule has 0 spiro atoms. The van der Waals surface area contributed by atoms with Gasteiger partial charge in [-0.2, -0.15) is 0 Å². The fourth-order valence-electron chi connectivity index (χ4n) is 1.65. The van der Waals surface area contributed by atoms with Crippen molar-refractivity contribution in [2.24, 2.45) is 0 Å². The first-order valence-corrected chi connectivity index (χ1v) is 6.58. The number of rotatable bonds is 3. The molecule has 0 aliphatic heterocycles. The van der Waals surface area contributed by atoms with Crippen LogP contribution in [0.25, 0.3) is 0 Å². The number of para-hydroxylation sites is 1. The molecule has 0 aromatic heterocycles. The van der Waals surface area contributed by atoms with Crippen LogP contribution < -0.4 is 10.6 Å². The van der Waals surface area contributed by atoms with Gasteiger partial charge in [0.1, 0.15) is 0 Å². The lowest BCUT2D eigenvalue weighted by molar-refractivity contribution is 0.0698. The van der Waals surface area contributed by atoms with Crippen LogP contribution in [0.2, 0.25) is 10.0 Å². The maximum atomic E-state index is 11.9. The number of carboxylic acids is 1. The molecule has 2 aromatic rings. The van der Waals surface area contributed by atoms with Crippen LogP contribution in [0.15, 0.2) is 42.5 Å². The van der Waals surface area contributed by atoms with E-state index in [1.807, 2.05) is 0 Å². The van der Waals surface area contributed by atoms with Gasteiger partial charge in [0.25, 0.3) is 0 Å². The van der Waals surface area contributed by atoms with Crippen LogP contribution in [-0.4, -0.2) is 17.1 Å². The van der Waals surface area contributed by atoms with Gasteiger partial charge in [-0.3, -0.25) is 0 Å². The quantitative estimate of drug-likeness (QED) is 0.785. The molecule has 108 valence electrons. The third-order valence-electron chi connectivity index (χ3n) is 2.59. The first-order valence-electron chi connectivity index (χ1n) is 5.83. The van der Waals surface area contributed by atoms with Gasteiger partial charge in [-0.05, 0) is 30.3 Å². The first-order chi connectivity index (χ1) is 9.97. The topological polar surface area (TPSA) is 78.4 Å². The lowest BCUT2D eigenvalue weighted by Gasteiger charge is -2.11. The molecule has 0 unspecified atom stereocenters. The van der Waals surface area contributed by atoms with Gasteiger partial charge in [0.05, 0.1) is 22.0 Å². The molecule has 7 heteroatoms. The number of aromatic carboxylic acids is 1. The molecule has 5 nitrogen and oxygen atoms in total. The summed E-state index contributed by atoms with van der Waals surface area (Å²) in [5, 5.41) is 14.7. The Balaban J connectivity index is 2.14. The molecule has 2 amide bonds. The van der Waals surface area contributed by atoms with Gasteiger partial charge >= 0.3 is 12.0 Å². The Hall–Kier alpha value is -2.24. The number of benzene rings is 2. The predicted molar refractivity (Wildman–Crippen MR) is 82.5 cm³/mol. The number of halogens is 2. The number of carbonyl (C=O) groups is 2. The molecule has 21 heavy (non-hydrogen) atoms. The summed E-state index contributed by atoms with van der Waals surface area (Å²) in [5.74, 6) is -1.13. The molecule has 0 aliphatic rings. The van der Waals surface area contributed by atoms with Crippen LogP contribution in [-0.2, 0) is 0 Å². The highest BCUT2D eigenvalue weighted by Crippen LogP contribution is 2.25. The zero-order chi connectivity index (χ0) is 15.4. The van der Waals surface area contributed by atoms with Crippen LogP contribution in [0, 0.1) is 0 Å². The van der Waals surface area contributed by atoms with Crippen molar-refractivity contribution < 1.29 is 14.7 Å². The zero-order valence-electron chi connectivity index (χ0n) is 10.6. The van der Waals surface area contributed by atoms with E-state index in [2.05, 4.69) is 10.6 Å². The summed E-state index contributed by atoms with van der Waals surface area (Å²) in [7, 11) is 0. The van der Waals surface area contributed by atoms with E-state index in [4.69, 9.17) is 28.3 Å². The van der Waals surface area contributed by atoms with E-state index in [9.17, 15) is 9.59 Å². The van der Waals surface area contributed by atoms with Crippen molar-refractivity contribution in [3.8, 4) is 0 Å². The molecule has 0 heterocycles. The van der Waals surface area contributed by atoms with E-state index < -0.39 is 12.0 Å². The summed E-state index contributed by atoms with van der Waals surface area (Å²) in [6, 6.07) is 10.1. The Kier molecular flexibility index (Phi) is 4.67. The molecule has 3 N–H and O–H groups in total. The average Bonchev–Trinajstić information content (AvgIpc) is 2.42. The normalized spacial score (nSPS) is 10.0. The van der Waals surface area contributed by atoms with Crippen LogP contribution in [0.4, 0.5) is 16.2 Å². The maximum absolute atomic E-state index is 11.9. The van der Waals surface area contributed by atoms with Gasteiger partial charge in [-0.15, -0.1) is 0 Å². The second-order valence-corrected chi connectivity index (χ2v) is 4.90. The molecule has 0 fully saturated rings. The fraction of sp³-hybridized carbons (Fsp3) is 0. The smallest absolute Gasteiger partial charge is 0.337 e. The number of amides is 2. The molecule has 0 saturated carbocycles. The van der Waals surface area contributed by atoms with Crippen molar-refractivity contribution in [1.29, 1.82) is 0 Å². The van der Waals surface area contributed by atoms with Gasteiger partial charge in [0, 0.05) is 5.02 Å². The highest BCUT2D eigenvalue weighted by Gasteiger charge is 2.12. The van der Waals surface area contributed by atoms with Crippen molar-refractivity contribution in [3.63, 3.8) is 0 Å². The number of urea groups is 1. The van der Waals surface area contributed by atoms with E-state index >= 15 is 0 Å². The number of carboxylic acid groups (broad SMARTS) is 1. The second kappa shape index (κ2) is 6.47. The Morgan fingerprint density at radius 1 is 0.952 bits per heavy atom. The number of hydrogen-bond donors (Lipinski definition) is 3. The Morgan fingerprint density at radius 2 is 1.62 bits per heavy atom. The molecule has 0 atom stereocenters. The van der Waals surface area contributed by atoms with Crippen molar-refractivity contribution in [3.05, 3.63) is 58.1 Å². The van der Waals surface area contributed by atoms with Crippen molar-refractivity contribution in [2.45, 2.75) is 0 Å². The molecule has 2 aromatic carbocycles. The third kappa shape index (κ3) is 3.87. The molecule has 0 aliphatic carbocycles. The summed E-state index contributed by atoms with van der Waals surface area (Å²) >= 11 is 11.7. The lowest BCUT2D eigenvalue weighted by Crippen LogP contribution is -2.21. The summed E-state index contributed by atoms with van der Waals surface area (Å²) in [4.78, 5) is 22.9. The minimum absolute atomic E-state index is 0.00477. The summed E-state index contributed by atoms with van der Waals surface area (Å²) in [6.07, 6.45) is 0. The van der Waals surface area contributed by atoms with Crippen molar-refractivity contribution >= 4 is 46.6 Å². The minimum Gasteiger partial charge on any atom is -0.478 e. The van der Waals surface area contributed by atoms with Crippen LogP contribution in [0.3, 0.4) is 0 Å². The van der Waals surface area contributed by atoms with E-state index in [0.29, 0.717) is 10.7 Å². The molecule has 2 rings (SSSR count). The molecular formula is C14H10Cl2N2O3. The number of anilines is 2. The predicted octanol–water partition coefficient (Wildman–Crippen LogP) is 4.34. The SMILES string of the molecule is O=C(Nc1ccc(Cl)cc1Cl)Nc1ccccc1C(=O)O. The monoisotopic (exact) mass is 324 g/mol. The first kappa shape index (κ1) is 15.2. The number of hydrogen-bond acceptors (Lipinski definition) is 2. The Labute approximate surface area is 130 Å². The van der Waals surface area contributed by atoms with Crippen LogP contribution in [0.5, 0.6) is 0 Å². The van der Waals surface area contributed by atoms with E-state index in [-0.39, 0.29) is 16.3 Å². The maximum Gasteiger partial charge on any atom is 0.337 e. The molecule has 0 radical (unpaired) electrons. The highest BCUT2D eigenvalue weighted by atomic mass is 35.5.